The highest BCUT2D eigenvalue weighted by Crippen LogP contribution is 2.38. The van der Waals surface area contributed by atoms with Crippen molar-refractivity contribution >= 4 is 24.1 Å². The molecule has 2 atom stereocenters. The molecule has 3 heterocycles. The molecular formula is C12H15FN5O3P. The van der Waals surface area contributed by atoms with Crippen LogP contribution in [0.3, 0.4) is 0 Å². The Morgan fingerprint density at radius 2 is 2.23 bits per heavy atom. The van der Waals surface area contributed by atoms with E-state index in [-0.39, 0.29) is 12.2 Å². The molecule has 0 fully saturated rings. The van der Waals surface area contributed by atoms with Gasteiger partial charge in [0, 0.05) is 6.08 Å². The normalized spacial score (nSPS) is 22.2. The van der Waals surface area contributed by atoms with E-state index in [9.17, 15) is 8.96 Å². The van der Waals surface area contributed by atoms with Crippen molar-refractivity contribution in [3.63, 3.8) is 0 Å². The Morgan fingerprint density at radius 1 is 1.45 bits per heavy atom. The SMILES string of the molecule is CP(C)(=O)CO[C@@H]1C=C(F)[C@H](n2cnc3c(N)ncnc32)O1. The Hall–Kier alpha value is -1.83. The van der Waals surface area contributed by atoms with Gasteiger partial charge in [-0.2, -0.15) is 0 Å². The van der Waals surface area contributed by atoms with Crippen LogP contribution in [0.1, 0.15) is 6.23 Å². The summed E-state index contributed by atoms with van der Waals surface area (Å²) in [6.07, 6.45) is 1.89. The molecule has 3 rings (SSSR count). The number of ether oxygens (including phenoxy) is 2. The van der Waals surface area contributed by atoms with E-state index < -0.39 is 25.5 Å². The molecule has 8 nitrogen and oxygen atoms in total. The summed E-state index contributed by atoms with van der Waals surface area (Å²) < 4.78 is 37.9. The number of aromatic nitrogens is 4. The van der Waals surface area contributed by atoms with Crippen molar-refractivity contribution in [1.82, 2.24) is 19.5 Å². The summed E-state index contributed by atoms with van der Waals surface area (Å²) in [4.78, 5) is 11.9. The Kier molecular flexibility index (Phi) is 3.72. The molecule has 0 bridgehead atoms. The molecule has 22 heavy (non-hydrogen) atoms. The quantitative estimate of drug-likeness (QED) is 0.852. The molecule has 0 spiro atoms. The molecule has 2 aromatic heterocycles. The summed E-state index contributed by atoms with van der Waals surface area (Å²) in [5.41, 5.74) is 6.42. The molecule has 2 aromatic rings. The van der Waals surface area contributed by atoms with Gasteiger partial charge in [-0.1, -0.05) is 0 Å². The van der Waals surface area contributed by atoms with Gasteiger partial charge in [0.15, 0.2) is 29.8 Å². The second-order valence-corrected chi connectivity index (χ2v) is 8.77. The second-order valence-electron chi connectivity index (χ2n) is 5.36. The molecule has 0 saturated heterocycles. The van der Waals surface area contributed by atoms with Gasteiger partial charge in [0.25, 0.3) is 0 Å². The monoisotopic (exact) mass is 327 g/mol. The van der Waals surface area contributed by atoms with Crippen LogP contribution in [0.5, 0.6) is 0 Å². The van der Waals surface area contributed by atoms with E-state index >= 15 is 0 Å². The van der Waals surface area contributed by atoms with E-state index in [4.69, 9.17) is 15.2 Å². The minimum absolute atomic E-state index is 0.00790. The highest BCUT2D eigenvalue weighted by molar-refractivity contribution is 7.62. The molecule has 2 N–H and O–H groups in total. The summed E-state index contributed by atoms with van der Waals surface area (Å²) in [7, 11) is -2.37. The van der Waals surface area contributed by atoms with E-state index in [0.717, 1.165) is 0 Å². The number of anilines is 1. The zero-order chi connectivity index (χ0) is 15.9. The standard InChI is InChI=1S/C12H15FN5O3P/c1-22(2,19)6-20-8-3-7(13)12(21-8)18-5-17-9-10(14)15-4-16-11(9)18/h3-5,8,12H,6H2,1-2H3,(H2,14,15,16)/t8-,12+/m0/s1. The average Bonchev–Trinajstić information content (AvgIpc) is 3.00. The molecule has 118 valence electrons. The second kappa shape index (κ2) is 5.42. The van der Waals surface area contributed by atoms with Gasteiger partial charge in [0.1, 0.15) is 25.3 Å². The van der Waals surface area contributed by atoms with Gasteiger partial charge in [-0.3, -0.25) is 4.57 Å². The third-order valence-corrected chi connectivity index (χ3v) is 3.75. The summed E-state index contributed by atoms with van der Waals surface area (Å²) >= 11 is 0. The van der Waals surface area contributed by atoms with Crippen LogP contribution in [0, 0.1) is 0 Å². The van der Waals surface area contributed by atoms with Crippen LogP contribution < -0.4 is 5.73 Å². The van der Waals surface area contributed by atoms with Crippen molar-refractivity contribution in [2.24, 2.45) is 0 Å². The fourth-order valence-electron chi connectivity index (χ4n) is 2.02. The van der Waals surface area contributed by atoms with Crippen LogP contribution in [0.25, 0.3) is 11.2 Å². The fourth-order valence-corrected chi connectivity index (χ4v) is 2.53. The number of nitrogens with zero attached hydrogens (tertiary/aromatic N) is 4. The maximum atomic E-state index is 14.1. The van der Waals surface area contributed by atoms with E-state index in [0.29, 0.717) is 11.2 Å². The van der Waals surface area contributed by atoms with Crippen LogP contribution in [0.2, 0.25) is 0 Å². The lowest BCUT2D eigenvalue weighted by Crippen LogP contribution is -2.16. The van der Waals surface area contributed by atoms with Gasteiger partial charge in [-0.15, -0.1) is 0 Å². The van der Waals surface area contributed by atoms with Gasteiger partial charge in [0.2, 0.25) is 0 Å². The lowest BCUT2D eigenvalue weighted by Gasteiger charge is -2.17. The number of imidazole rings is 1. The largest absolute Gasteiger partial charge is 0.382 e. The number of nitrogens with two attached hydrogens (primary N) is 1. The van der Waals surface area contributed by atoms with Gasteiger partial charge in [-0.25, -0.2) is 19.3 Å². The van der Waals surface area contributed by atoms with Crippen molar-refractivity contribution in [2.45, 2.75) is 12.5 Å². The van der Waals surface area contributed by atoms with E-state index in [1.54, 1.807) is 13.3 Å². The van der Waals surface area contributed by atoms with Crippen molar-refractivity contribution in [2.75, 3.05) is 25.4 Å². The lowest BCUT2D eigenvalue weighted by atomic mass is 10.4. The maximum absolute atomic E-state index is 14.1. The van der Waals surface area contributed by atoms with Crippen LogP contribution in [0.15, 0.2) is 24.6 Å². The van der Waals surface area contributed by atoms with E-state index in [2.05, 4.69) is 15.0 Å². The Balaban J connectivity index is 1.82. The number of fused-ring (bicyclic) bond motifs is 1. The van der Waals surface area contributed by atoms with Crippen LogP contribution in [0.4, 0.5) is 10.2 Å². The molecule has 0 unspecified atom stereocenters. The molecule has 1 aliphatic rings. The summed E-state index contributed by atoms with van der Waals surface area (Å²) in [5.74, 6) is -0.333. The predicted octanol–water partition coefficient (Wildman–Crippen LogP) is 1.71. The average molecular weight is 327 g/mol. The number of halogens is 1. The number of rotatable bonds is 4. The highest BCUT2D eigenvalue weighted by Gasteiger charge is 2.32. The first kappa shape index (κ1) is 15.1. The van der Waals surface area contributed by atoms with Crippen molar-refractivity contribution in [3.05, 3.63) is 24.6 Å². The first-order chi connectivity index (χ1) is 10.3. The number of hydrogen-bond acceptors (Lipinski definition) is 7. The Morgan fingerprint density at radius 3 is 2.95 bits per heavy atom. The van der Waals surface area contributed by atoms with Gasteiger partial charge >= 0.3 is 0 Å². The van der Waals surface area contributed by atoms with Crippen molar-refractivity contribution in [3.8, 4) is 0 Å². The smallest absolute Gasteiger partial charge is 0.192 e. The van der Waals surface area contributed by atoms with Crippen LogP contribution >= 0.6 is 7.14 Å². The molecule has 0 saturated carbocycles. The van der Waals surface area contributed by atoms with Gasteiger partial charge < -0.3 is 19.8 Å². The molecule has 0 amide bonds. The molecule has 0 aliphatic carbocycles. The van der Waals surface area contributed by atoms with Gasteiger partial charge in [-0.05, 0) is 13.3 Å². The van der Waals surface area contributed by atoms with E-state index in [1.807, 2.05) is 0 Å². The topological polar surface area (TPSA) is 105 Å². The van der Waals surface area contributed by atoms with Gasteiger partial charge in [0.05, 0.1) is 6.33 Å². The van der Waals surface area contributed by atoms with Crippen molar-refractivity contribution in [1.29, 1.82) is 0 Å². The number of nitrogen functional groups attached to an aromatic ring is 1. The third kappa shape index (κ3) is 2.87. The predicted molar refractivity (Wildman–Crippen MR) is 78.2 cm³/mol. The molecule has 0 radical (unpaired) electrons. The maximum Gasteiger partial charge on any atom is 0.192 e. The van der Waals surface area contributed by atoms with E-state index in [1.165, 1.54) is 23.3 Å². The molecular weight excluding hydrogens is 312 g/mol. The molecule has 1 aliphatic heterocycles. The number of hydrogen-bond donors (Lipinski definition) is 1. The zero-order valence-electron chi connectivity index (χ0n) is 12.0. The lowest BCUT2D eigenvalue weighted by molar-refractivity contribution is -0.128. The Bertz CT molecular complexity index is 786. The molecule has 10 heteroatoms. The summed E-state index contributed by atoms with van der Waals surface area (Å²) in [6, 6.07) is 0. The van der Waals surface area contributed by atoms with Crippen LogP contribution in [-0.2, 0) is 14.0 Å². The third-order valence-electron chi connectivity index (χ3n) is 2.98. The zero-order valence-corrected chi connectivity index (χ0v) is 12.9. The first-order valence-electron chi connectivity index (χ1n) is 6.46. The van der Waals surface area contributed by atoms with Crippen molar-refractivity contribution < 1.29 is 18.4 Å². The summed E-state index contributed by atoms with van der Waals surface area (Å²) in [6.45, 7) is 3.17. The fraction of sp³-hybridized carbons (Fsp3) is 0.417. The van der Waals surface area contributed by atoms with Crippen LogP contribution in [-0.4, -0.2) is 45.5 Å². The first-order valence-corrected chi connectivity index (χ1v) is 9.25. The molecule has 0 aromatic carbocycles. The minimum Gasteiger partial charge on any atom is -0.382 e. The Labute approximate surface area is 125 Å². The minimum atomic E-state index is -2.37. The highest BCUT2D eigenvalue weighted by atomic mass is 31.2. The summed E-state index contributed by atoms with van der Waals surface area (Å²) in [5, 5.41) is 0.